The van der Waals surface area contributed by atoms with E-state index in [0.29, 0.717) is 5.88 Å². The molecule has 3 heteroatoms. The quantitative estimate of drug-likeness (QED) is 0.713. The second-order valence-electron chi connectivity index (χ2n) is 2.18. The van der Waals surface area contributed by atoms with E-state index in [1.807, 2.05) is 49.1 Å². The lowest BCUT2D eigenvalue weighted by Crippen LogP contribution is -1.85. The van der Waals surface area contributed by atoms with Gasteiger partial charge < -0.3 is 3.07 Å². The van der Waals surface area contributed by atoms with E-state index >= 15 is 0 Å². The van der Waals surface area contributed by atoms with Crippen molar-refractivity contribution in [3.63, 3.8) is 0 Å². The molecule has 1 aromatic heterocycles. The number of hydrogen-bond donors (Lipinski definition) is 0. The molecular weight excluding hydrogens is 241 g/mol. The third-order valence-corrected chi connectivity index (χ3v) is 1.88. The third-order valence-electron chi connectivity index (χ3n) is 1.43. The largest absolute Gasteiger partial charge is 0.408 e. The molecule has 2 nitrogen and oxygen atoms in total. The van der Waals surface area contributed by atoms with Crippen LogP contribution in [-0.2, 0) is 0 Å². The molecule has 0 unspecified atom stereocenters. The number of hydrogen-bond acceptors (Lipinski definition) is 2. The van der Waals surface area contributed by atoms with Crippen molar-refractivity contribution in [2.45, 2.75) is 13.8 Å². The molecule has 0 aliphatic heterocycles. The fraction of sp³-hybridized carbons (Fsp3) is 0.286. The lowest BCUT2D eigenvalue weighted by atomic mass is 10.2. The Balaban J connectivity index is 3.04. The normalized spacial score (nSPS) is 9.50. The Morgan fingerprint density at radius 1 is 1.40 bits per heavy atom. The zero-order chi connectivity index (χ0) is 7.56. The van der Waals surface area contributed by atoms with E-state index in [0.717, 1.165) is 0 Å². The zero-order valence-electron chi connectivity index (χ0n) is 5.89. The summed E-state index contributed by atoms with van der Waals surface area (Å²) in [5, 5.41) is 0. The Hall–Kier alpha value is -0.320. The predicted molar refractivity (Wildman–Crippen MR) is 48.4 cm³/mol. The maximum absolute atomic E-state index is 4.91. The first-order chi connectivity index (χ1) is 4.74. The molecule has 0 amide bonds. The molecule has 0 aliphatic carbocycles. The molecule has 0 N–H and O–H groups in total. The van der Waals surface area contributed by atoms with E-state index in [1.165, 1.54) is 11.1 Å². The lowest BCUT2D eigenvalue weighted by Gasteiger charge is -1.99. The summed E-state index contributed by atoms with van der Waals surface area (Å²) in [6.45, 7) is 4.06. The number of nitrogens with zero attached hydrogens (tertiary/aromatic N) is 1. The van der Waals surface area contributed by atoms with Gasteiger partial charge in [0.05, 0.1) is 0 Å². The van der Waals surface area contributed by atoms with Crippen LogP contribution in [0.25, 0.3) is 0 Å². The van der Waals surface area contributed by atoms with Crippen molar-refractivity contribution in [2.75, 3.05) is 0 Å². The van der Waals surface area contributed by atoms with E-state index in [9.17, 15) is 0 Å². The summed E-state index contributed by atoms with van der Waals surface area (Å²) in [5.74, 6) is 0.670. The molecular formula is C7H8INO. The average molecular weight is 249 g/mol. The zero-order valence-corrected chi connectivity index (χ0v) is 8.05. The highest BCUT2D eigenvalue weighted by Crippen LogP contribution is 2.13. The molecule has 1 aromatic rings. The van der Waals surface area contributed by atoms with Crippen LogP contribution < -0.4 is 3.07 Å². The summed E-state index contributed by atoms with van der Waals surface area (Å²) in [4.78, 5) is 4.03. The predicted octanol–water partition coefficient (Wildman–Crippen LogP) is 2.43. The first-order valence-corrected chi connectivity index (χ1v) is 3.84. The molecule has 0 saturated heterocycles. The Bertz CT molecular complexity index is 237. The van der Waals surface area contributed by atoms with Gasteiger partial charge in [0, 0.05) is 12.3 Å². The minimum Gasteiger partial charge on any atom is -0.408 e. The van der Waals surface area contributed by atoms with E-state index in [1.54, 1.807) is 0 Å². The molecule has 0 saturated carbocycles. The van der Waals surface area contributed by atoms with Gasteiger partial charge in [0.25, 0.3) is 0 Å². The summed E-state index contributed by atoms with van der Waals surface area (Å²) in [6, 6.07) is 1.92. The SMILES string of the molecule is Cc1cnc(OI)cc1C. The fourth-order valence-electron chi connectivity index (χ4n) is 0.641. The second kappa shape index (κ2) is 3.18. The summed E-state index contributed by atoms with van der Waals surface area (Å²) >= 11 is 1.82. The fourth-order valence-corrected chi connectivity index (χ4v) is 0.882. The van der Waals surface area contributed by atoms with Gasteiger partial charge in [-0.15, -0.1) is 0 Å². The van der Waals surface area contributed by atoms with Crippen molar-refractivity contribution in [1.82, 2.24) is 4.98 Å². The highest BCUT2D eigenvalue weighted by atomic mass is 127. The van der Waals surface area contributed by atoms with Crippen LogP contribution in [0.1, 0.15) is 11.1 Å². The number of pyridine rings is 1. The maximum atomic E-state index is 4.91. The number of aryl methyl sites for hydroxylation is 2. The van der Waals surface area contributed by atoms with E-state index in [-0.39, 0.29) is 0 Å². The van der Waals surface area contributed by atoms with Crippen molar-refractivity contribution >= 4 is 23.0 Å². The lowest BCUT2D eigenvalue weighted by molar-refractivity contribution is 0.679. The summed E-state index contributed by atoms with van der Waals surface area (Å²) in [6.07, 6.45) is 1.81. The summed E-state index contributed by atoms with van der Waals surface area (Å²) in [7, 11) is 0. The van der Waals surface area contributed by atoms with Crippen molar-refractivity contribution in [1.29, 1.82) is 0 Å². The topological polar surface area (TPSA) is 22.1 Å². The number of halogens is 1. The van der Waals surface area contributed by atoms with Crippen LogP contribution in [0.2, 0.25) is 0 Å². The van der Waals surface area contributed by atoms with Crippen molar-refractivity contribution in [2.24, 2.45) is 0 Å². The third kappa shape index (κ3) is 1.59. The Morgan fingerprint density at radius 2 is 2.10 bits per heavy atom. The smallest absolute Gasteiger partial charge is 0.224 e. The highest BCUT2D eigenvalue weighted by Gasteiger charge is 1.95. The van der Waals surface area contributed by atoms with Gasteiger partial charge in [-0.25, -0.2) is 4.98 Å². The van der Waals surface area contributed by atoms with Crippen LogP contribution in [-0.4, -0.2) is 4.98 Å². The monoisotopic (exact) mass is 249 g/mol. The average Bonchev–Trinajstić information content (AvgIpc) is 1.95. The van der Waals surface area contributed by atoms with Gasteiger partial charge in [-0.3, -0.25) is 0 Å². The minimum absolute atomic E-state index is 0.670. The van der Waals surface area contributed by atoms with Gasteiger partial charge in [0.2, 0.25) is 5.88 Å². The molecule has 0 aromatic carbocycles. The molecule has 0 bridgehead atoms. The van der Waals surface area contributed by atoms with Gasteiger partial charge in [0.1, 0.15) is 0 Å². The maximum Gasteiger partial charge on any atom is 0.224 e. The molecule has 1 rings (SSSR count). The van der Waals surface area contributed by atoms with Gasteiger partial charge in [-0.2, -0.15) is 0 Å². The van der Waals surface area contributed by atoms with E-state index < -0.39 is 0 Å². The summed E-state index contributed by atoms with van der Waals surface area (Å²) in [5.41, 5.74) is 2.40. The molecule has 0 spiro atoms. The standard InChI is InChI=1S/C7H8INO/c1-5-3-7(10-8)9-4-6(5)2/h3-4H,1-2H3. The van der Waals surface area contributed by atoms with Crippen LogP contribution in [0, 0.1) is 13.8 Å². The molecule has 0 atom stereocenters. The Kier molecular flexibility index (Phi) is 2.48. The van der Waals surface area contributed by atoms with Crippen molar-refractivity contribution in [3.8, 4) is 5.88 Å². The van der Waals surface area contributed by atoms with Gasteiger partial charge in [-0.1, -0.05) is 0 Å². The van der Waals surface area contributed by atoms with Gasteiger partial charge >= 0.3 is 0 Å². The van der Waals surface area contributed by atoms with Gasteiger partial charge in [-0.05, 0) is 25.0 Å². The second-order valence-corrected chi connectivity index (χ2v) is 2.62. The number of aromatic nitrogens is 1. The number of rotatable bonds is 1. The van der Waals surface area contributed by atoms with Crippen LogP contribution in [0.5, 0.6) is 5.88 Å². The van der Waals surface area contributed by atoms with Crippen LogP contribution in [0.4, 0.5) is 0 Å². The highest BCUT2D eigenvalue weighted by molar-refractivity contribution is 14.1. The molecule has 0 aliphatic rings. The Morgan fingerprint density at radius 3 is 2.60 bits per heavy atom. The van der Waals surface area contributed by atoms with Crippen molar-refractivity contribution in [3.05, 3.63) is 23.4 Å². The van der Waals surface area contributed by atoms with Gasteiger partial charge in [0.15, 0.2) is 23.0 Å². The van der Waals surface area contributed by atoms with Crippen molar-refractivity contribution < 1.29 is 3.07 Å². The molecule has 0 fully saturated rings. The molecule has 1 heterocycles. The first kappa shape index (κ1) is 7.78. The van der Waals surface area contributed by atoms with E-state index in [4.69, 9.17) is 3.07 Å². The molecule has 54 valence electrons. The summed E-state index contributed by atoms with van der Waals surface area (Å²) < 4.78 is 4.91. The minimum atomic E-state index is 0.670. The first-order valence-electron chi connectivity index (χ1n) is 2.96. The Labute approximate surface area is 74.3 Å². The van der Waals surface area contributed by atoms with Crippen LogP contribution in [0.3, 0.4) is 0 Å². The van der Waals surface area contributed by atoms with Crippen LogP contribution >= 0.6 is 23.0 Å². The van der Waals surface area contributed by atoms with E-state index in [2.05, 4.69) is 4.98 Å². The molecule has 10 heavy (non-hydrogen) atoms. The molecule has 0 radical (unpaired) electrons. The van der Waals surface area contributed by atoms with Crippen LogP contribution in [0.15, 0.2) is 12.3 Å².